The molecule has 0 saturated carbocycles. The Morgan fingerprint density at radius 1 is 1.00 bits per heavy atom. The smallest absolute Gasteiger partial charge is 0.268 e. The number of oxime groups is 1. The first kappa shape index (κ1) is 18.6. The molecule has 1 aliphatic rings. The van der Waals surface area contributed by atoms with E-state index in [0.717, 1.165) is 11.1 Å². The molecule has 29 heavy (non-hydrogen) atoms. The number of anilines is 1. The van der Waals surface area contributed by atoms with Crippen molar-refractivity contribution in [2.75, 3.05) is 5.32 Å². The van der Waals surface area contributed by atoms with Gasteiger partial charge in [0.25, 0.3) is 5.91 Å². The van der Waals surface area contributed by atoms with Crippen molar-refractivity contribution in [1.82, 2.24) is 4.98 Å². The minimum absolute atomic E-state index is 0.0588. The lowest BCUT2D eigenvalue weighted by Crippen LogP contribution is -2.28. The summed E-state index contributed by atoms with van der Waals surface area (Å²) >= 11 is 0. The number of carbonyl (C=O) groups is 2. The van der Waals surface area contributed by atoms with Crippen LogP contribution in [0.25, 0.3) is 0 Å². The monoisotopic (exact) mass is 385 g/mol. The van der Waals surface area contributed by atoms with Crippen LogP contribution < -0.4 is 5.32 Å². The van der Waals surface area contributed by atoms with E-state index in [1.165, 1.54) is 0 Å². The van der Waals surface area contributed by atoms with Crippen molar-refractivity contribution in [2.24, 2.45) is 5.16 Å². The highest BCUT2D eigenvalue weighted by atomic mass is 16.6. The Hall–Kier alpha value is -3.80. The van der Waals surface area contributed by atoms with Crippen molar-refractivity contribution >= 4 is 23.1 Å². The summed E-state index contributed by atoms with van der Waals surface area (Å²) in [5.74, 6) is -0.346. The number of pyridine rings is 1. The van der Waals surface area contributed by atoms with E-state index in [4.69, 9.17) is 4.84 Å². The zero-order valence-corrected chi connectivity index (χ0v) is 15.8. The third kappa shape index (κ3) is 4.21. The molecule has 0 bridgehead atoms. The van der Waals surface area contributed by atoms with Crippen LogP contribution in [0.2, 0.25) is 0 Å². The summed E-state index contributed by atoms with van der Waals surface area (Å²) in [5, 5.41) is 6.80. The summed E-state index contributed by atoms with van der Waals surface area (Å²) in [5.41, 5.74) is 4.41. The molecule has 0 aliphatic carbocycles. The Bertz CT molecular complexity index is 1060. The molecule has 4 rings (SSSR count). The van der Waals surface area contributed by atoms with Gasteiger partial charge in [-0.1, -0.05) is 35.0 Å². The van der Waals surface area contributed by atoms with E-state index in [-0.39, 0.29) is 11.7 Å². The van der Waals surface area contributed by atoms with E-state index >= 15 is 0 Å². The Morgan fingerprint density at radius 2 is 1.69 bits per heavy atom. The molecular weight excluding hydrogens is 366 g/mol. The van der Waals surface area contributed by atoms with Gasteiger partial charge in [0.2, 0.25) is 6.10 Å². The first-order chi connectivity index (χ1) is 14.1. The number of rotatable bonds is 5. The maximum Gasteiger partial charge on any atom is 0.268 e. The first-order valence-corrected chi connectivity index (χ1v) is 9.25. The summed E-state index contributed by atoms with van der Waals surface area (Å²) in [4.78, 5) is 34.3. The van der Waals surface area contributed by atoms with Crippen molar-refractivity contribution in [3.05, 3.63) is 95.3 Å². The van der Waals surface area contributed by atoms with E-state index in [0.29, 0.717) is 28.9 Å². The summed E-state index contributed by atoms with van der Waals surface area (Å²) < 4.78 is 0. The molecule has 0 fully saturated rings. The van der Waals surface area contributed by atoms with Crippen LogP contribution in [0.15, 0.2) is 78.2 Å². The van der Waals surface area contributed by atoms with Crippen LogP contribution in [0.3, 0.4) is 0 Å². The van der Waals surface area contributed by atoms with Crippen molar-refractivity contribution in [1.29, 1.82) is 0 Å². The van der Waals surface area contributed by atoms with Crippen molar-refractivity contribution in [2.45, 2.75) is 19.4 Å². The molecular formula is C23H19N3O3. The van der Waals surface area contributed by atoms with E-state index in [1.807, 2.05) is 43.3 Å². The summed E-state index contributed by atoms with van der Waals surface area (Å²) in [6.07, 6.45) is 3.05. The molecule has 1 aliphatic heterocycles. The fraction of sp³-hybridized carbons (Fsp3) is 0.130. The number of hydrogen-bond donors (Lipinski definition) is 1. The molecule has 1 N–H and O–H groups in total. The number of carbonyl (C=O) groups excluding carboxylic acids is 2. The minimum Gasteiger partial charge on any atom is -0.382 e. The standard InChI is InChI=1S/C23H19N3O3/c1-15-4-6-16(7-5-15)22(27)17-8-10-19(11-9-17)25-23(28)21-13-20(26-29-21)18-3-2-12-24-14-18/h2-12,14,21H,13H2,1H3,(H,25,28). The third-order valence-electron chi connectivity index (χ3n) is 4.68. The number of hydrogen-bond acceptors (Lipinski definition) is 5. The average Bonchev–Trinajstić information content (AvgIpc) is 3.26. The van der Waals surface area contributed by atoms with Gasteiger partial charge < -0.3 is 10.2 Å². The molecule has 1 aromatic heterocycles. The maximum absolute atomic E-state index is 12.5. The number of aryl methyl sites for hydroxylation is 1. The predicted molar refractivity (Wildman–Crippen MR) is 110 cm³/mol. The minimum atomic E-state index is -0.695. The van der Waals surface area contributed by atoms with Crippen LogP contribution in [0, 0.1) is 6.92 Å². The number of aromatic nitrogens is 1. The Balaban J connectivity index is 1.37. The molecule has 2 heterocycles. The molecule has 1 unspecified atom stereocenters. The number of ketones is 1. The number of nitrogens with zero attached hydrogens (tertiary/aromatic N) is 2. The molecule has 6 heteroatoms. The van der Waals surface area contributed by atoms with E-state index in [9.17, 15) is 9.59 Å². The van der Waals surface area contributed by atoms with E-state index in [2.05, 4.69) is 15.5 Å². The molecule has 2 aromatic carbocycles. The van der Waals surface area contributed by atoms with Gasteiger partial charge in [0, 0.05) is 41.2 Å². The molecule has 3 aromatic rings. The maximum atomic E-state index is 12.5. The van der Waals surface area contributed by atoms with Crippen LogP contribution >= 0.6 is 0 Å². The largest absolute Gasteiger partial charge is 0.382 e. The van der Waals surface area contributed by atoms with Crippen molar-refractivity contribution in [3.63, 3.8) is 0 Å². The highest BCUT2D eigenvalue weighted by molar-refractivity contribution is 6.09. The Kier molecular flexibility index (Phi) is 5.16. The van der Waals surface area contributed by atoms with Crippen molar-refractivity contribution in [3.8, 4) is 0 Å². The lowest BCUT2D eigenvalue weighted by molar-refractivity contribution is -0.125. The molecule has 1 atom stereocenters. The Labute approximate surface area is 168 Å². The second-order valence-electron chi connectivity index (χ2n) is 6.84. The van der Waals surface area contributed by atoms with Gasteiger partial charge in [-0.3, -0.25) is 14.6 Å². The molecule has 1 amide bonds. The SMILES string of the molecule is Cc1ccc(C(=O)c2ccc(NC(=O)C3CC(c4cccnc4)=NO3)cc2)cc1. The zero-order chi connectivity index (χ0) is 20.2. The molecule has 144 valence electrons. The van der Waals surface area contributed by atoms with Gasteiger partial charge in [0.05, 0.1) is 5.71 Å². The summed E-state index contributed by atoms with van der Waals surface area (Å²) in [6.45, 7) is 1.98. The number of nitrogens with one attached hydrogen (secondary N) is 1. The number of amides is 1. The number of benzene rings is 2. The average molecular weight is 385 g/mol. The van der Waals surface area contributed by atoms with Gasteiger partial charge in [0.15, 0.2) is 5.78 Å². The van der Waals surface area contributed by atoms with Crippen LogP contribution in [0.1, 0.15) is 33.5 Å². The predicted octanol–water partition coefficient (Wildman–Crippen LogP) is 3.75. The van der Waals surface area contributed by atoms with Gasteiger partial charge >= 0.3 is 0 Å². The Morgan fingerprint density at radius 3 is 2.34 bits per heavy atom. The normalized spacial score (nSPS) is 15.3. The van der Waals surface area contributed by atoms with Crippen LogP contribution in [0.5, 0.6) is 0 Å². The summed E-state index contributed by atoms with van der Waals surface area (Å²) in [6, 6.07) is 17.9. The highest BCUT2D eigenvalue weighted by Crippen LogP contribution is 2.19. The topological polar surface area (TPSA) is 80.7 Å². The second kappa shape index (κ2) is 8.06. The fourth-order valence-electron chi connectivity index (χ4n) is 3.02. The third-order valence-corrected chi connectivity index (χ3v) is 4.68. The van der Waals surface area contributed by atoms with Gasteiger partial charge in [-0.2, -0.15) is 0 Å². The van der Waals surface area contributed by atoms with Crippen LogP contribution in [-0.4, -0.2) is 28.5 Å². The van der Waals surface area contributed by atoms with Crippen LogP contribution in [0.4, 0.5) is 5.69 Å². The van der Waals surface area contributed by atoms with Crippen molar-refractivity contribution < 1.29 is 14.4 Å². The van der Waals surface area contributed by atoms with E-state index in [1.54, 1.807) is 36.7 Å². The van der Waals surface area contributed by atoms with Crippen LogP contribution in [-0.2, 0) is 9.63 Å². The molecule has 0 spiro atoms. The van der Waals surface area contributed by atoms with E-state index < -0.39 is 6.10 Å². The molecule has 0 radical (unpaired) electrons. The summed E-state index contributed by atoms with van der Waals surface area (Å²) in [7, 11) is 0. The second-order valence-corrected chi connectivity index (χ2v) is 6.84. The van der Waals surface area contributed by atoms with Gasteiger partial charge in [-0.05, 0) is 43.3 Å². The van der Waals surface area contributed by atoms with Gasteiger partial charge in [-0.15, -0.1) is 0 Å². The fourth-order valence-corrected chi connectivity index (χ4v) is 3.02. The lowest BCUT2D eigenvalue weighted by Gasteiger charge is -2.10. The quantitative estimate of drug-likeness (QED) is 0.678. The zero-order valence-electron chi connectivity index (χ0n) is 15.8. The lowest BCUT2D eigenvalue weighted by atomic mass is 10.0. The first-order valence-electron chi connectivity index (χ1n) is 9.25. The van der Waals surface area contributed by atoms with Gasteiger partial charge in [0.1, 0.15) is 0 Å². The molecule has 6 nitrogen and oxygen atoms in total. The van der Waals surface area contributed by atoms with Gasteiger partial charge in [-0.25, -0.2) is 0 Å². The highest BCUT2D eigenvalue weighted by Gasteiger charge is 2.29. The molecule has 0 saturated heterocycles.